The maximum Gasteiger partial charge on any atom is 0.0701 e. The molecule has 21 heavy (non-hydrogen) atoms. The van der Waals surface area contributed by atoms with E-state index >= 15 is 0 Å². The van der Waals surface area contributed by atoms with Gasteiger partial charge in [-0.1, -0.05) is 32.0 Å². The summed E-state index contributed by atoms with van der Waals surface area (Å²) in [6.07, 6.45) is 2.14. The van der Waals surface area contributed by atoms with Crippen molar-refractivity contribution in [2.75, 3.05) is 26.9 Å². The smallest absolute Gasteiger partial charge is 0.0701 e. The Hall–Kier alpha value is -1.36. The first-order valence-electron chi connectivity index (χ1n) is 7.59. The standard InChI is InChI=1S/C17H26N2O2/c1-14(2)18-13-16-6-4-5-15-7-8-19(17(15)16)9-10-21-12-11-20-3/h4-8,14,18H,9-13H2,1-3H3. The summed E-state index contributed by atoms with van der Waals surface area (Å²) in [5.74, 6) is 0. The minimum atomic E-state index is 0.487. The van der Waals surface area contributed by atoms with Gasteiger partial charge in [0, 0.05) is 32.4 Å². The number of ether oxygens (including phenoxy) is 2. The number of hydrogen-bond donors (Lipinski definition) is 1. The maximum atomic E-state index is 5.57. The second kappa shape index (κ2) is 8.17. The molecule has 2 rings (SSSR count). The molecule has 0 saturated carbocycles. The summed E-state index contributed by atoms with van der Waals surface area (Å²) in [5, 5.41) is 4.78. The molecular formula is C17H26N2O2. The number of benzene rings is 1. The number of aromatic nitrogens is 1. The third-order valence-electron chi connectivity index (χ3n) is 3.48. The zero-order valence-corrected chi connectivity index (χ0v) is 13.3. The highest BCUT2D eigenvalue weighted by Gasteiger charge is 2.07. The SMILES string of the molecule is COCCOCCn1ccc2cccc(CNC(C)C)c21. The van der Waals surface area contributed by atoms with Gasteiger partial charge in [0.2, 0.25) is 0 Å². The molecule has 2 aromatic rings. The fourth-order valence-electron chi connectivity index (χ4n) is 2.39. The van der Waals surface area contributed by atoms with Gasteiger partial charge in [0.15, 0.2) is 0 Å². The zero-order valence-electron chi connectivity index (χ0n) is 13.3. The molecule has 1 aromatic carbocycles. The Labute approximate surface area is 127 Å². The lowest BCUT2D eigenvalue weighted by Gasteiger charge is -2.12. The predicted molar refractivity (Wildman–Crippen MR) is 86.6 cm³/mol. The van der Waals surface area contributed by atoms with Crippen molar-refractivity contribution >= 4 is 10.9 Å². The van der Waals surface area contributed by atoms with Crippen LogP contribution in [0.4, 0.5) is 0 Å². The Balaban J connectivity index is 2.05. The van der Waals surface area contributed by atoms with Crippen LogP contribution >= 0.6 is 0 Å². The highest BCUT2D eigenvalue weighted by Crippen LogP contribution is 2.20. The molecule has 1 aromatic heterocycles. The lowest BCUT2D eigenvalue weighted by Crippen LogP contribution is -2.22. The van der Waals surface area contributed by atoms with Crippen LogP contribution in [0.2, 0.25) is 0 Å². The second-order valence-corrected chi connectivity index (χ2v) is 5.50. The van der Waals surface area contributed by atoms with Gasteiger partial charge in [-0.05, 0) is 17.0 Å². The molecule has 0 bridgehead atoms. The molecule has 0 amide bonds. The van der Waals surface area contributed by atoms with Crippen LogP contribution in [0, 0.1) is 0 Å². The van der Waals surface area contributed by atoms with Crippen molar-refractivity contribution in [3.8, 4) is 0 Å². The minimum Gasteiger partial charge on any atom is -0.382 e. The first kappa shape index (κ1) is 16.0. The van der Waals surface area contributed by atoms with Crippen molar-refractivity contribution < 1.29 is 9.47 Å². The highest BCUT2D eigenvalue weighted by atomic mass is 16.5. The van der Waals surface area contributed by atoms with Gasteiger partial charge in [0.1, 0.15) is 0 Å². The molecule has 0 aliphatic rings. The number of hydrogen-bond acceptors (Lipinski definition) is 3. The molecule has 4 heteroatoms. The Bertz CT molecular complexity index is 549. The van der Waals surface area contributed by atoms with Crippen LogP contribution in [-0.4, -0.2) is 37.5 Å². The van der Waals surface area contributed by atoms with E-state index in [0.29, 0.717) is 25.9 Å². The summed E-state index contributed by atoms with van der Waals surface area (Å²) < 4.78 is 12.8. The summed E-state index contributed by atoms with van der Waals surface area (Å²) in [5.41, 5.74) is 2.64. The van der Waals surface area contributed by atoms with Gasteiger partial charge >= 0.3 is 0 Å². The van der Waals surface area contributed by atoms with Crippen molar-refractivity contribution in [3.63, 3.8) is 0 Å². The first-order chi connectivity index (χ1) is 10.2. The first-order valence-corrected chi connectivity index (χ1v) is 7.59. The van der Waals surface area contributed by atoms with E-state index in [-0.39, 0.29) is 0 Å². The van der Waals surface area contributed by atoms with Crippen molar-refractivity contribution in [3.05, 3.63) is 36.0 Å². The Morgan fingerprint density at radius 3 is 2.76 bits per heavy atom. The third-order valence-corrected chi connectivity index (χ3v) is 3.48. The van der Waals surface area contributed by atoms with Gasteiger partial charge in [0.05, 0.1) is 25.3 Å². The molecule has 4 nitrogen and oxygen atoms in total. The molecule has 0 spiro atoms. The van der Waals surface area contributed by atoms with Crippen molar-refractivity contribution in [2.45, 2.75) is 33.0 Å². The minimum absolute atomic E-state index is 0.487. The molecule has 1 heterocycles. The summed E-state index contributed by atoms with van der Waals surface area (Å²) in [6.45, 7) is 8.10. The topological polar surface area (TPSA) is 35.4 Å². The van der Waals surface area contributed by atoms with E-state index in [1.807, 2.05) is 0 Å². The summed E-state index contributed by atoms with van der Waals surface area (Å²) in [7, 11) is 1.69. The zero-order chi connectivity index (χ0) is 15.1. The fraction of sp³-hybridized carbons (Fsp3) is 0.529. The molecule has 0 aliphatic heterocycles. The highest BCUT2D eigenvalue weighted by molar-refractivity contribution is 5.83. The third kappa shape index (κ3) is 4.56. The molecule has 0 saturated heterocycles. The summed E-state index contributed by atoms with van der Waals surface area (Å²) in [4.78, 5) is 0. The number of rotatable bonds is 9. The second-order valence-electron chi connectivity index (χ2n) is 5.50. The number of methoxy groups -OCH3 is 1. The molecule has 0 atom stereocenters. The van der Waals surface area contributed by atoms with Gasteiger partial charge in [-0.2, -0.15) is 0 Å². The van der Waals surface area contributed by atoms with E-state index in [0.717, 1.165) is 13.1 Å². The lowest BCUT2D eigenvalue weighted by atomic mass is 10.1. The molecule has 1 N–H and O–H groups in total. The number of nitrogens with one attached hydrogen (secondary N) is 1. The Morgan fingerprint density at radius 2 is 2.00 bits per heavy atom. The molecule has 0 unspecified atom stereocenters. The fourth-order valence-corrected chi connectivity index (χ4v) is 2.39. The van der Waals surface area contributed by atoms with E-state index in [9.17, 15) is 0 Å². The molecule has 0 fully saturated rings. The van der Waals surface area contributed by atoms with E-state index in [4.69, 9.17) is 9.47 Å². The monoisotopic (exact) mass is 290 g/mol. The van der Waals surface area contributed by atoms with Gasteiger partial charge in [-0.25, -0.2) is 0 Å². The van der Waals surface area contributed by atoms with Gasteiger partial charge in [-0.15, -0.1) is 0 Å². The maximum absolute atomic E-state index is 5.57. The van der Waals surface area contributed by atoms with E-state index in [2.05, 4.69) is 54.2 Å². The van der Waals surface area contributed by atoms with E-state index in [1.54, 1.807) is 7.11 Å². The number of fused-ring (bicyclic) bond motifs is 1. The number of para-hydroxylation sites is 1. The summed E-state index contributed by atoms with van der Waals surface area (Å²) >= 11 is 0. The van der Waals surface area contributed by atoms with Crippen molar-refractivity contribution in [1.82, 2.24) is 9.88 Å². The lowest BCUT2D eigenvalue weighted by molar-refractivity contribution is 0.0670. The number of nitrogens with zero attached hydrogens (tertiary/aromatic N) is 1. The molecule has 0 aliphatic carbocycles. The quantitative estimate of drug-likeness (QED) is 0.721. The van der Waals surface area contributed by atoms with E-state index < -0.39 is 0 Å². The average molecular weight is 290 g/mol. The van der Waals surface area contributed by atoms with Crippen LogP contribution < -0.4 is 5.32 Å². The van der Waals surface area contributed by atoms with Gasteiger partial charge in [-0.3, -0.25) is 0 Å². The van der Waals surface area contributed by atoms with Crippen LogP contribution in [0.25, 0.3) is 10.9 Å². The normalized spacial score (nSPS) is 11.6. The molecule has 116 valence electrons. The van der Waals surface area contributed by atoms with Crippen LogP contribution in [0.15, 0.2) is 30.5 Å². The largest absolute Gasteiger partial charge is 0.382 e. The van der Waals surface area contributed by atoms with Gasteiger partial charge in [0.25, 0.3) is 0 Å². The van der Waals surface area contributed by atoms with Crippen LogP contribution in [0.5, 0.6) is 0 Å². The molecule has 0 radical (unpaired) electrons. The van der Waals surface area contributed by atoms with Crippen molar-refractivity contribution in [2.24, 2.45) is 0 Å². The predicted octanol–water partition coefficient (Wildman–Crippen LogP) is 2.80. The Morgan fingerprint density at radius 1 is 1.14 bits per heavy atom. The summed E-state index contributed by atoms with van der Waals surface area (Å²) in [6, 6.07) is 9.14. The van der Waals surface area contributed by atoms with Crippen LogP contribution in [0.1, 0.15) is 19.4 Å². The van der Waals surface area contributed by atoms with Crippen LogP contribution in [0.3, 0.4) is 0 Å². The van der Waals surface area contributed by atoms with E-state index in [1.165, 1.54) is 16.5 Å². The Kier molecular flexibility index (Phi) is 6.23. The molecular weight excluding hydrogens is 264 g/mol. The average Bonchev–Trinajstić information content (AvgIpc) is 2.89. The van der Waals surface area contributed by atoms with Gasteiger partial charge < -0.3 is 19.4 Å². The van der Waals surface area contributed by atoms with Crippen molar-refractivity contribution in [1.29, 1.82) is 0 Å². The van der Waals surface area contributed by atoms with Crippen LogP contribution in [-0.2, 0) is 22.6 Å².